The predicted molar refractivity (Wildman–Crippen MR) is 75.7 cm³/mol. The van der Waals surface area contributed by atoms with Gasteiger partial charge in [-0.15, -0.1) is 0 Å². The van der Waals surface area contributed by atoms with Crippen LogP contribution >= 0.6 is 0 Å². The van der Waals surface area contributed by atoms with E-state index in [0.29, 0.717) is 30.9 Å². The highest BCUT2D eigenvalue weighted by atomic mass is 16.5. The molecule has 0 saturated carbocycles. The normalized spacial score (nSPS) is 11.3. The van der Waals surface area contributed by atoms with Crippen molar-refractivity contribution in [3.05, 3.63) is 23.8 Å². The topological polar surface area (TPSA) is 71.4 Å². The van der Waals surface area contributed by atoms with Gasteiger partial charge in [-0.2, -0.15) is 5.26 Å². The van der Waals surface area contributed by atoms with Crippen LogP contribution in [0.3, 0.4) is 0 Å². The molecule has 0 aliphatic carbocycles. The number of carbonyl (C=O) groups excluding carboxylic acids is 1. The summed E-state index contributed by atoms with van der Waals surface area (Å²) in [6, 6.07) is 7.63. The molecule has 0 spiro atoms. The van der Waals surface area contributed by atoms with E-state index in [4.69, 9.17) is 14.7 Å². The Morgan fingerprint density at radius 1 is 1.35 bits per heavy atom. The molecule has 0 aromatic heterocycles. The summed E-state index contributed by atoms with van der Waals surface area (Å²) in [5.41, 5.74) is 1.04. The number of hydrogen-bond donors (Lipinski definition) is 1. The van der Waals surface area contributed by atoms with E-state index in [9.17, 15) is 4.79 Å². The summed E-state index contributed by atoms with van der Waals surface area (Å²) in [5, 5.41) is 11.6. The summed E-state index contributed by atoms with van der Waals surface area (Å²) in [6.07, 6.45) is 1.20. The number of amides is 1. The molecule has 1 N–H and O–H groups in total. The first kappa shape index (κ1) is 15.8. The molecule has 0 bridgehead atoms. The summed E-state index contributed by atoms with van der Waals surface area (Å²) in [4.78, 5) is 11.6. The highest BCUT2D eigenvalue weighted by molar-refractivity contribution is 5.80. The van der Waals surface area contributed by atoms with Gasteiger partial charge in [0, 0.05) is 6.54 Å². The van der Waals surface area contributed by atoms with Crippen LogP contribution in [0.2, 0.25) is 0 Å². The van der Waals surface area contributed by atoms with Crippen molar-refractivity contribution in [1.82, 2.24) is 5.32 Å². The van der Waals surface area contributed by atoms with Gasteiger partial charge < -0.3 is 14.8 Å². The summed E-state index contributed by atoms with van der Waals surface area (Å²) in [5.74, 6) is 0.562. The molecule has 1 amide bonds. The molecule has 5 nitrogen and oxygen atoms in total. The molecule has 1 aromatic rings. The fraction of sp³-hybridized carbons (Fsp3) is 0.467. The molecule has 0 radical (unpaired) electrons. The lowest BCUT2D eigenvalue weighted by atomic mass is 10.1. The van der Waals surface area contributed by atoms with Crippen LogP contribution in [-0.4, -0.2) is 26.7 Å². The van der Waals surface area contributed by atoms with Gasteiger partial charge in [0.15, 0.2) is 11.5 Å². The number of nitrogens with one attached hydrogen (secondary N) is 1. The minimum absolute atomic E-state index is 0.213. The Hall–Kier alpha value is -2.22. The van der Waals surface area contributed by atoms with Gasteiger partial charge in [0.2, 0.25) is 5.91 Å². The van der Waals surface area contributed by atoms with Crippen molar-refractivity contribution in [2.24, 2.45) is 5.92 Å². The van der Waals surface area contributed by atoms with Gasteiger partial charge in [-0.05, 0) is 30.5 Å². The van der Waals surface area contributed by atoms with E-state index in [0.717, 1.165) is 5.56 Å². The molecule has 0 heterocycles. The molecule has 1 unspecified atom stereocenters. The van der Waals surface area contributed by atoms with Gasteiger partial charge in [0.25, 0.3) is 0 Å². The zero-order valence-electron chi connectivity index (χ0n) is 12.1. The van der Waals surface area contributed by atoms with Gasteiger partial charge in [0.05, 0.1) is 20.3 Å². The molecule has 1 atom stereocenters. The minimum atomic E-state index is -0.569. The lowest BCUT2D eigenvalue weighted by Gasteiger charge is -2.11. The molecular weight excluding hydrogens is 256 g/mol. The molecule has 0 aliphatic heterocycles. The van der Waals surface area contributed by atoms with Crippen molar-refractivity contribution in [2.75, 3.05) is 20.8 Å². The van der Waals surface area contributed by atoms with Crippen LogP contribution in [0.25, 0.3) is 0 Å². The van der Waals surface area contributed by atoms with Crippen LogP contribution in [0.1, 0.15) is 18.9 Å². The fourth-order valence-electron chi connectivity index (χ4n) is 1.82. The number of carbonyl (C=O) groups is 1. The Kier molecular flexibility index (Phi) is 6.38. The van der Waals surface area contributed by atoms with Gasteiger partial charge in [-0.25, -0.2) is 0 Å². The SMILES string of the molecule is CCC(C#N)C(=O)NCCc1ccc(OC)c(OC)c1. The number of rotatable bonds is 7. The molecule has 0 aliphatic rings. The average molecular weight is 276 g/mol. The van der Waals surface area contributed by atoms with Crippen LogP contribution in [0.15, 0.2) is 18.2 Å². The number of nitriles is 1. The summed E-state index contributed by atoms with van der Waals surface area (Å²) in [7, 11) is 3.17. The summed E-state index contributed by atoms with van der Waals surface area (Å²) in [6.45, 7) is 2.31. The third-order valence-electron chi connectivity index (χ3n) is 3.04. The van der Waals surface area contributed by atoms with Crippen LogP contribution in [0.4, 0.5) is 0 Å². The second kappa shape index (κ2) is 8.05. The lowest BCUT2D eigenvalue weighted by Crippen LogP contribution is -2.31. The first-order valence-corrected chi connectivity index (χ1v) is 6.54. The van der Waals surface area contributed by atoms with Crippen LogP contribution in [-0.2, 0) is 11.2 Å². The summed E-state index contributed by atoms with van der Waals surface area (Å²) >= 11 is 0. The van der Waals surface area contributed by atoms with E-state index in [-0.39, 0.29) is 5.91 Å². The Bertz CT molecular complexity index is 494. The molecule has 1 aromatic carbocycles. The molecule has 0 fully saturated rings. The maximum Gasteiger partial charge on any atom is 0.237 e. The monoisotopic (exact) mass is 276 g/mol. The minimum Gasteiger partial charge on any atom is -0.493 e. The third kappa shape index (κ3) is 4.16. The lowest BCUT2D eigenvalue weighted by molar-refractivity contribution is -0.123. The maximum atomic E-state index is 11.6. The van der Waals surface area contributed by atoms with E-state index in [1.165, 1.54) is 0 Å². The molecule has 1 rings (SSSR count). The number of nitrogens with zero attached hydrogens (tertiary/aromatic N) is 1. The molecule has 20 heavy (non-hydrogen) atoms. The second-order valence-corrected chi connectivity index (χ2v) is 4.32. The standard InChI is InChI=1S/C15H20N2O3/c1-4-12(10-16)15(18)17-8-7-11-5-6-13(19-2)14(9-11)20-3/h5-6,9,12H,4,7-8H2,1-3H3,(H,17,18). The Balaban J connectivity index is 2.54. The Morgan fingerprint density at radius 3 is 2.60 bits per heavy atom. The number of methoxy groups -OCH3 is 2. The predicted octanol–water partition coefficient (Wildman–Crippen LogP) is 1.91. The van der Waals surface area contributed by atoms with Gasteiger partial charge in [-0.3, -0.25) is 4.79 Å². The van der Waals surface area contributed by atoms with Crippen LogP contribution < -0.4 is 14.8 Å². The van der Waals surface area contributed by atoms with Crippen molar-refractivity contribution in [3.8, 4) is 17.6 Å². The molecule has 5 heteroatoms. The largest absolute Gasteiger partial charge is 0.493 e. The van der Waals surface area contributed by atoms with E-state index >= 15 is 0 Å². The van der Waals surface area contributed by atoms with E-state index in [2.05, 4.69) is 5.32 Å². The van der Waals surface area contributed by atoms with Crippen molar-refractivity contribution < 1.29 is 14.3 Å². The van der Waals surface area contributed by atoms with E-state index in [1.807, 2.05) is 31.2 Å². The fourth-order valence-corrected chi connectivity index (χ4v) is 1.82. The highest BCUT2D eigenvalue weighted by Crippen LogP contribution is 2.27. The van der Waals surface area contributed by atoms with Crippen molar-refractivity contribution in [3.63, 3.8) is 0 Å². The maximum absolute atomic E-state index is 11.6. The van der Waals surface area contributed by atoms with Gasteiger partial charge in [0.1, 0.15) is 5.92 Å². The van der Waals surface area contributed by atoms with Crippen molar-refractivity contribution in [1.29, 1.82) is 5.26 Å². The van der Waals surface area contributed by atoms with Crippen LogP contribution in [0.5, 0.6) is 11.5 Å². The second-order valence-electron chi connectivity index (χ2n) is 4.32. The quantitative estimate of drug-likeness (QED) is 0.825. The first-order chi connectivity index (χ1) is 9.65. The summed E-state index contributed by atoms with van der Waals surface area (Å²) < 4.78 is 10.4. The van der Waals surface area contributed by atoms with Gasteiger partial charge >= 0.3 is 0 Å². The van der Waals surface area contributed by atoms with E-state index in [1.54, 1.807) is 14.2 Å². The number of benzene rings is 1. The van der Waals surface area contributed by atoms with Crippen molar-refractivity contribution in [2.45, 2.75) is 19.8 Å². The number of ether oxygens (including phenoxy) is 2. The highest BCUT2D eigenvalue weighted by Gasteiger charge is 2.14. The smallest absolute Gasteiger partial charge is 0.237 e. The van der Waals surface area contributed by atoms with Crippen molar-refractivity contribution >= 4 is 5.91 Å². The zero-order chi connectivity index (χ0) is 15.0. The Morgan fingerprint density at radius 2 is 2.05 bits per heavy atom. The first-order valence-electron chi connectivity index (χ1n) is 6.54. The molecule has 108 valence electrons. The van der Waals surface area contributed by atoms with Gasteiger partial charge in [-0.1, -0.05) is 13.0 Å². The molecule has 0 saturated heterocycles. The third-order valence-corrected chi connectivity index (χ3v) is 3.04. The Labute approximate surface area is 119 Å². The molecular formula is C15H20N2O3. The average Bonchev–Trinajstić information content (AvgIpc) is 2.48. The zero-order valence-corrected chi connectivity index (χ0v) is 12.1. The van der Waals surface area contributed by atoms with Crippen LogP contribution in [0, 0.1) is 17.2 Å². The number of hydrogen-bond acceptors (Lipinski definition) is 4. The van der Waals surface area contributed by atoms with E-state index < -0.39 is 5.92 Å².